The average molecular weight is 266 g/mol. The van der Waals surface area contributed by atoms with Gasteiger partial charge in [0, 0.05) is 6.08 Å². The van der Waals surface area contributed by atoms with Gasteiger partial charge >= 0.3 is 94.6 Å². The second-order valence-electron chi connectivity index (χ2n) is 2.60. The number of carboxylic acid groups (broad SMARTS) is 1. The van der Waals surface area contributed by atoms with Gasteiger partial charge in [-0.3, -0.25) is 0 Å². The number of carbonyl (C=O) groups is 1. The molecule has 0 fully saturated rings. The first-order valence-electron chi connectivity index (χ1n) is 3.91. The molecule has 0 amide bonds. The van der Waals surface area contributed by atoms with E-state index in [1.54, 1.807) is 12.1 Å². The number of rotatable bonds is 3. The average Bonchev–Trinajstić information content (AvgIpc) is 2.16. The Morgan fingerprint density at radius 1 is 1.35 bits per heavy atom. The summed E-state index contributed by atoms with van der Waals surface area (Å²) in [6.45, 7) is 0. The fourth-order valence-electron chi connectivity index (χ4n) is 0.965. The molecule has 0 aliphatic heterocycles. The SMILES string of the molecule is COc1cc(C=CC(=O)O)ccc1O.[H-].[H-].[H-].[Na+].[Na+].[Na+]. The van der Waals surface area contributed by atoms with Crippen molar-refractivity contribution in [3.8, 4) is 11.5 Å². The monoisotopic (exact) mass is 266 g/mol. The molecule has 0 radical (unpaired) electrons. The molecular weight excluding hydrogens is 253 g/mol. The molecule has 0 bridgehead atoms. The van der Waals surface area contributed by atoms with Crippen molar-refractivity contribution in [2.45, 2.75) is 0 Å². The largest absolute Gasteiger partial charge is 1.00 e. The molecule has 7 heteroatoms. The fourth-order valence-corrected chi connectivity index (χ4v) is 0.965. The number of ether oxygens (including phenoxy) is 1. The van der Waals surface area contributed by atoms with E-state index in [0.29, 0.717) is 11.3 Å². The first-order chi connectivity index (χ1) is 6.63. The molecule has 0 saturated heterocycles. The molecule has 1 rings (SSSR count). The standard InChI is InChI=1S/C10H10O4.3Na.3H/c1-14-9-6-7(2-4-8(9)11)3-5-10(12)13;;;;;;/h2-6,11H,1H3,(H,12,13);;;;;;/q;3*+1;3*-1. The van der Waals surface area contributed by atoms with Crippen LogP contribution in [0.5, 0.6) is 11.5 Å². The summed E-state index contributed by atoms with van der Waals surface area (Å²) in [5.74, 6) is -0.672. The Morgan fingerprint density at radius 3 is 2.41 bits per heavy atom. The molecule has 4 nitrogen and oxygen atoms in total. The van der Waals surface area contributed by atoms with Crippen molar-refractivity contribution in [1.82, 2.24) is 0 Å². The minimum atomic E-state index is -1.02. The van der Waals surface area contributed by atoms with E-state index in [0.717, 1.165) is 6.08 Å². The molecule has 0 aliphatic rings. The van der Waals surface area contributed by atoms with E-state index in [2.05, 4.69) is 0 Å². The van der Waals surface area contributed by atoms with Gasteiger partial charge in [-0.1, -0.05) is 6.07 Å². The van der Waals surface area contributed by atoms with E-state index in [4.69, 9.17) is 9.84 Å². The van der Waals surface area contributed by atoms with Crippen LogP contribution in [0.3, 0.4) is 0 Å². The van der Waals surface area contributed by atoms with Crippen molar-refractivity contribution < 1.29 is 113 Å². The Bertz CT molecular complexity index is 392. The van der Waals surface area contributed by atoms with Gasteiger partial charge in [-0.2, -0.15) is 0 Å². The first kappa shape index (κ1) is 23.1. The number of hydrogen-bond acceptors (Lipinski definition) is 3. The molecule has 80 valence electrons. The second kappa shape index (κ2) is 12.1. The van der Waals surface area contributed by atoms with Crippen LogP contribution in [0.1, 0.15) is 9.84 Å². The number of phenols is 1. The maximum Gasteiger partial charge on any atom is 1.00 e. The third kappa shape index (κ3) is 8.70. The number of aromatic hydroxyl groups is 1. The summed E-state index contributed by atoms with van der Waals surface area (Å²) in [6, 6.07) is 4.59. The van der Waals surface area contributed by atoms with Crippen LogP contribution in [0.25, 0.3) is 6.08 Å². The van der Waals surface area contributed by atoms with Crippen LogP contribution in [0.15, 0.2) is 24.3 Å². The smallest absolute Gasteiger partial charge is 1.00 e. The van der Waals surface area contributed by atoms with E-state index in [1.165, 1.54) is 19.3 Å². The predicted molar refractivity (Wildman–Crippen MR) is 54.7 cm³/mol. The minimum absolute atomic E-state index is 0. The normalized spacial score (nSPS) is 8.53. The molecule has 0 heterocycles. The Hall–Kier alpha value is 1.03. The van der Waals surface area contributed by atoms with Crippen molar-refractivity contribution in [3.63, 3.8) is 0 Å². The number of carboxylic acids is 1. The molecule has 17 heavy (non-hydrogen) atoms. The van der Waals surface area contributed by atoms with Crippen molar-refractivity contribution in [3.05, 3.63) is 29.8 Å². The number of aliphatic carboxylic acids is 1. The van der Waals surface area contributed by atoms with Gasteiger partial charge in [0.1, 0.15) is 0 Å². The van der Waals surface area contributed by atoms with Gasteiger partial charge in [-0.15, -0.1) is 0 Å². The maximum atomic E-state index is 10.2. The third-order valence-electron chi connectivity index (χ3n) is 1.62. The van der Waals surface area contributed by atoms with Gasteiger partial charge in [-0.25, -0.2) is 4.79 Å². The zero-order valence-electron chi connectivity index (χ0n) is 13.6. The third-order valence-corrected chi connectivity index (χ3v) is 1.62. The van der Waals surface area contributed by atoms with Gasteiger partial charge < -0.3 is 19.2 Å². The van der Waals surface area contributed by atoms with E-state index in [9.17, 15) is 9.90 Å². The van der Waals surface area contributed by atoms with Crippen LogP contribution >= 0.6 is 0 Å². The number of methoxy groups -OCH3 is 1. The van der Waals surface area contributed by atoms with Crippen molar-refractivity contribution in [2.24, 2.45) is 0 Å². The van der Waals surface area contributed by atoms with Crippen LogP contribution in [-0.2, 0) is 4.79 Å². The van der Waals surface area contributed by atoms with Crippen molar-refractivity contribution >= 4 is 12.0 Å². The van der Waals surface area contributed by atoms with E-state index < -0.39 is 5.97 Å². The summed E-state index contributed by atoms with van der Waals surface area (Å²) < 4.78 is 4.86. The van der Waals surface area contributed by atoms with Gasteiger partial charge in [0.25, 0.3) is 0 Å². The second-order valence-corrected chi connectivity index (χ2v) is 2.60. The summed E-state index contributed by atoms with van der Waals surface area (Å²) in [7, 11) is 1.43. The van der Waals surface area contributed by atoms with Gasteiger partial charge in [0.2, 0.25) is 0 Å². The summed E-state index contributed by atoms with van der Waals surface area (Å²) in [4.78, 5) is 10.2. The number of phenolic OH excluding ortho intramolecular Hbond substituents is 1. The topological polar surface area (TPSA) is 66.8 Å². The van der Waals surface area contributed by atoms with Crippen LogP contribution < -0.4 is 93.4 Å². The van der Waals surface area contributed by atoms with Crippen LogP contribution in [0.2, 0.25) is 0 Å². The predicted octanol–water partition coefficient (Wildman–Crippen LogP) is -7.15. The summed E-state index contributed by atoms with van der Waals surface area (Å²) in [5, 5.41) is 17.6. The molecule has 0 unspecified atom stereocenters. The van der Waals surface area contributed by atoms with Crippen molar-refractivity contribution in [1.29, 1.82) is 0 Å². The Labute approximate surface area is 171 Å². The van der Waals surface area contributed by atoms with Crippen molar-refractivity contribution in [2.75, 3.05) is 7.11 Å². The zero-order chi connectivity index (χ0) is 10.6. The number of hydrogen-bond donors (Lipinski definition) is 2. The van der Waals surface area contributed by atoms with Gasteiger partial charge in [0.15, 0.2) is 11.5 Å². The summed E-state index contributed by atoms with van der Waals surface area (Å²) in [5.41, 5.74) is 0.655. The number of benzene rings is 1. The molecule has 1 aromatic rings. The molecule has 2 N–H and O–H groups in total. The van der Waals surface area contributed by atoms with Crippen LogP contribution in [0, 0.1) is 0 Å². The summed E-state index contributed by atoms with van der Waals surface area (Å²) in [6.07, 6.45) is 2.44. The van der Waals surface area contributed by atoms with Crippen LogP contribution in [-0.4, -0.2) is 23.3 Å². The molecule has 1 aromatic carbocycles. The quantitative estimate of drug-likeness (QED) is 0.421. The molecule has 0 spiro atoms. The maximum absolute atomic E-state index is 10.2. The van der Waals surface area contributed by atoms with Crippen LogP contribution in [0.4, 0.5) is 0 Å². The molecule has 0 aromatic heterocycles. The van der Waals surface area contributed by atoms with Gasteiger partial charge in [-0.05, 0) is 23.8 Å². The Balaban J connectivity index is -0.0000000817. The van der Waals surface area contributed by atoms with Gasteiger partial charge in [0.05, 0.1) is 7.11 Å². The molecule has 0 aliphatic carbocycles. The Kier molecular flexibility index (Phi) is 16.5. The molecule has 0 saturated carbocycles. The minimum Gasteiger partial charge on any atom is -1.00 e. The van der Waals surface area contributed by atoms with E-state index >= 15 is 0 Å². The zero-order valence-corrected chi connectivity index (χ0v) is 16.6. The first-order valence-corrected chi connectivity index (χ1v) is 3.91. The summed E-state index contributed by atoms with van der Waals surface area (Å²) >= 11 is 0. The van der Waals surface area contributed by atoms with E-state index in [1.807, 2.05) is 0 Å². The molecular formula is C10H13Na3O4. The molecule has 0 atom stereocenters. The van der Waals surface area contributed by atoms with E-state index in [-0.39, 0.29) is 98.7 Å². The Morgan fingerprint density at radius 2 is 1.94 bits per heavy atom. The fraction of sp³-hybridized carbons (Fsp3) is 0.100.